The van der Waals surface area contributed by atoms with Crippen molar-refractivity contribution >= 4 is 23.2 Å². The summed E-state index contributed by atoms with van der Waals surface area (Å²) in [6, 6.07) is 18.3. The molecule has 3 aromatic heterocycles. The molecule has 9 nitrogen and oxygen atoms in total. The number of halogens is 1. The molecule has 10 heteroatoms. The maximum atomic E-state index is 12.8. The number of hydrogen-bond acceptors (Lipinski definition) is 6. The zero-order valence-corrected chi connectivity index (χ0v) is 18.9. The van der Waals surface area contributed by atoms with Gasteiger partial charge >= 0.3 is 5.69 Å². The highest BCUT2D eigenvalue weighted by Crippen LogP contribution is 2.24. The van der Waals surface area contributed by atoms with E-state index in [-0.39, 0.29) is 18.3 Å². The van der Waals surface area contributed by atoms with Crippen LogP contribution in [0.4, 0.5) is 0 Å². The summed E-state index contributed by atoms with van der Waals surface area (Å²) in [5.41, 5.74) is 3.19. The number of hydrogen-bond donors (Lipinski definition) is 1. The van der Waals surface area contributed by atoms with Gasteiger partial charge in [0.15, 0.2) is 5.65 Å². The van der Waals surface area contributed by atoms with Crippen molar-refractivity contribution in [3.05, 3.63) is 93.5 Å². The number of aryl methyl sites for hydroxylation is 1. The molecule has 170 valence electrons. The molecule has 0 fully saturated rings. The molecule has 1 amide bonds. The van der Waals surface area contributed by atoms with E-state index in [1.807, 2.05) is 43.3 Å². The number of nitrogens with zero attached hydrogens (tertiary/aromatic N) is 5. The molecule has 34 heavy (non-hydrogen) atoms. The lowest BCUT2D eigenvalue weighted by Crippen LogP contribution is -2.32. The van der Waals surface area contributed by atoms with Crippen LogP contribution in [0.3, 0.4) is 0 Å². The van der Waals surface area contributed by atoms with Crippen LogP contribution in [0.15, 0.2) is 76.2 Å². The first-order valence-electron chi connectivity index (χ1n) is 10.5. The fourth-order valence-electron chi connectivity index (χ4n) is 3.46. The maximum Gasteiger partial charge on any atom is 0.350 e. The fraction of sp³-hybridized carbons (Fsp3) is 0.125. The molecule has 1 N–H and O–H groups in total. The number of carbonyl (C=O) groups is 1. The zero-order chi connectivity index (χ0) is 23.7. The average molecular weight is 475 g/mol. The summed E-state index contributed by atoms with van der Waals surface area (Å²) in [4.78, 5) is 29.7. The fourth-order valence-corrected chi connectivity index (χ4v) is 3.58. The first kappa shape index (κ1) is 21.6. The van der Waals surface area contributed by atoms with Crippen molar-refractivity contribution < 1.29 is 9.32 Å². The molecule has 0 unspecified atom stereocenters. The van der Waals surface area contributed by atoms with E-state index in [4.69, 9.17) is 16.1 Å². The zero-order valence-electron chi connectivity index (χ0n) is 18.1. The predicted octanol–water partition coefficient (Wildman–Crippen LogP) is 3.49. The average Bonchev–Trinajstić information content (AvgIpc) is 3.45. The number of fused-ring (bicyclic) bond motifs is 1. The van der Waals surface area contributed by atoms with Gasteiger partial charge in [0.05, 0.1) is 5.56 Å². The summed E-state index contributed by atoms with van der Waals surface area (Å²) in [6.45, 7) is 2.08. The number of carbonyl (C=O) groups excluding carboxylic acids is 1. The molecule has 0 saturated heterocycles. The summed E-state index contributed by atoms with van der Waals surface area (Å²) in [7, 11) is 0. The second kappa shape index (κ2) is 8.95. The van der Waals surface area contributed by atoms with Crippen molar-refractivity contribution in [1.82, 2.24) is 29.6 Å². The third-order valence-electron chi connectivity index (χ3n) is 5.27. The van der Waals surface area contributed by atoms with Gasteiger partial charge in [-0.3, -0.25) is 4.79 Å². The van der Waals surface area contributed by atoms with Gasteiger partial charge in [-0.05, 0) is 36.8 Å². The summed E-state index contributed by atoms with van der Waals surface area (Å²) in [5.74, 6) is 0.312. The number of pyridine rings is 1. The largest absolute Gasteiger partial charge is 0.350 e. The van der Waals surface area contributed by atoms with Crippen LogP contribution >= 0.6 is 11.6 Å². The topological polar surface area (TPSA) is 107 Å². The van der Waals surface area contributed by atoms with Gasteiger partial charge in [-0.2, -0.15) is 4.98 Å². The molecule has 5 rings (SSSR count). The van der Waals surface area contributed by atoms with Crippen LogP contribution < -0.4 is 11.0 Å². The summed E-state index contributed by atoms with van der Waals surface area (Å²) < 4.78 is 7.90. The molecule has 2 aromatic carbocycles. The van der Waals surface area contributed by atoms with Crippen molar-refractivity contribution in [3.8, 4) is 22.8 Å². The Kier molecular flexibility index (Phi) is 5.69. The summed E-state index contributed by atoms with van der Waals surface area (Å²) in [5, 5.41) is 11.8. The van der Waals surface area contributed by atoms with E-state index < -0.39 is 5.69 Å². The molecule has 0 spiro atoms. The van der Waals surface area contributed by atoms with E-state index in [9.17, 15) is 9.59 Å². The van der Waals surface area contributed by atoms with Gasteiger partial charge in [0.2, 0.25) is 11.7 Å². The van der Waals surface area contributed by atoms with E-state index in [0.717, 1.165) is 21.4 Å². The van der Waals surface area contributed by atoms with Crippen LogP contribution in [0.1, 0.15) is 11.1 Å². The molecule has 0 bridgehead atoms. The Morgan fingerprint density at radius 3 is 2.62 bits per heavy atom. The van der Waals surface area contributed by atoms with Gasteiger partial charge in [-0.25, -0.2) is 13.9 Å². The molecule has 0 atom stereocenters. The van der Waals surface area contributed by atoms with Gasteiger partial charge in [-0.1, -0.05) is 58.7 Å². The molecule has 0 aliphatic carbocycles. The normalized spacial score (nSPS) is 11.1. The van der Waals surface area contributed by atoms with Crippen molar-refractivity contribution in [1.29, 1.82) is 0 Å². The van der Waals surface area contributed by atoms with E-state index in [1.165, 1.54) is 4.40 Å². The lowest BCUT2D eigenvalue weighted by atomic mass is 10.1. The van der Waals surface area contributed by atoms with Gasteiger partial charge in [-0.15, -0.1) is 5.10 Å². The quantitative estimate of drug-likeness (QED) is 0.403. The minimum Gasteiger partial charge on any atom is -0.350 e. The number of aromatic nitrogens is 5. The maximum absolute atomic E-state index is 12.8. The second-order valence-corrected chi connectivity index (χ2v) is 8.18. The van der Waals surface area contributed by atoms with E-state index in [1.54, 1.807) is 30.5 Å². The summed E-state index contributed by atoms with van der Waals surface area (Å²) in [6.07, 6.45) is 1.58. The first-order valence-corrected chi connectivity index (χ1v) is 10.9. The molecule has 0 aliphatic rings. The van der Waals surface area contributed by atoms with Crippen LogP contribution in [-0.4, -0.2) is 30.2 Å². The Morgan fingerprint density at radius 1 is 1.09 bits per heavy atom. The van der Waals surface area contributed by atoms with Gasteiger partial charge in [0.25, 0.3) is 5.89 Å². The molecule has 5 aromatic rings. The smallest absolute Gasteiger partial charge is 0.350 e. The standard InChI is InChI=1S/C24H19ClN6O3/c1-15-4-8-17(9-5-15)21-27-23(34-29-21)19-3-2-12-30-22(19)28-31(24(30)33)14-20(32)26-13-16-6-10-18(25)11-7-16/h2-12H,13-14H2,1H3,(H,26,32). The Balaban J connectivity index is 1.38. The van der Waals surface area contributed by atoms with Crippen molar-refractivity contribution in [3.63, 3.8) is 0 Å². The molecule has 0 radical (unpaired) electrons. The highest BCUT2D eigenvalue weighted by Gasteiger charge is 2.18. The Hall–Kier alpha value is -4.24. The minimum atomic E-state index is -0.447. The third kappa shape index (κ3) is 4.33. The minimum absolute atomic E-state index is 0.227. The number of nitrogens with one attached hydrogen (secondary N) is 1. The molecular weight excluding hydrogens is 456 g/mol. The summed E-state index contributed by atoms with van der Waals surface area (Å²) >= 11 is 5.88. The lowest BCUT2D eigenvalue weighted by molar-refractivity contribution is -0.122. The van der Waals surface area contributed by atoms with E-state index in [2.05, 4.69) is 20.6 Å². The molecule has 0 aliphatic heterocycles. The van der Waals surface area contributed by atoms with Crippen LogP contribution in [0.2, 0.25) is 5.02 Å². The highest BCUT2D eigenvalue weighted by molar-refractivity contribution is 6.30. The van der Waals surface area contributed by atoms with Gasteiger partial charge in [0.1, 0.15) is 6.54 Å². The highest BCUT2D eigenvalue weighted by atomic mass is 35.5. The van der Waals surface area contributed by atoms with Gasteiger partial charge in [0, 0.05) is 23.3 Å². The number of rotatable bonds is 6. The van der Waals surface area contributed by atoms with Crippen LogP contribution in [-0.2, 0) is 17.9 Å². The van der Waals surface area contributed by atoms with E-state index >= 15 is 0 Å². The van der Waals surface area contributed by atoms with E-state index in [0.29, 0.717) is 28.6 Å². The monoisotopic (exact) mass is 474 g/mol. The van der Waals surface area contributed by atoms with Crippen LogP contribution in [0.25, 0.3) is 28.5 Å². The van der Waals surface area contributed by atoms with Gasteiger partial charge < -0.3 is 9.84 Å². The molecular formula is C24H19ClN6O3. The lowest BCUT2D eigenvalue weighted by Gasteiger charge is -2.05. The van der Waals surface area contributed by atoms with Crippen LogP contribution in [0.5, 0.6) is 0 Å². The Morgan fingerprint density at radius 2 is 1.85 bits per heavy atom. The number of benzene rings is 2. The third-order valence-corrected chi connectivity index (χ3v) is 5.52. The van der Waals surface area contributed by atoms with Crippen molar-refractivity contribution in [2.45, 2.75) is 20.0 Å². The Labute approximate surface area is 198 Å². The number of amides is 1. The first-order chi connectivity index (χ1) is 16.5. The van der Waals surface area contributed by atoms with Crippen molar-refractivity contribution in [2.75, 3.05) is 0 Å². The predicted molar refractivity (Wildman–Crippen MR) is 126 cm³/mol. The molecule has 0 saturated carbocycles. The molecule has 3 heterocycles. The van der Waals surface area contributed by atoms with Crippen molar-refractivity contribution in [2.24, 2.45) is 0 Å². The van der Waals surface area contributed by atoms with Crippen LogP contribution in [0, 0.1) is 6.92 Å². The Bertz CT molecular complexity index is 1530. The second-order valence-electron chi connectivity index (χ2n) is 7.75. The SMILES string of the molecule is Cc1ccc(-c2noc(-c3cccn4c(=O)n(CC(=O)NCc5ccc(Cl)cc5)nc34)n2)cc1.